The topological polar surface area (TPSA) is 28.7 Å². The first-order valence-corrected chi connectivity index (χ1v) is 6.26. The zero-order valence-corrected chi connectivity index (χ0v) is 10.9. The molecule has 82 valence electrons. The van der Waals surface area contributed by atoms with E-state index in [2.05, 4.69) is 9.97 Å². The molecule has 0 atom stereocenters. The monoisotopic (exact) mass is 268 g/mol. The van der Waals surface area contributed by atoms with E-state index in [1.165, 1.54) is 11.8 Å². The van der Waals surface area contributed by atoms with E-state index in [4.69, 9.17) is 23.8 Å². The molecule has 0 unspecified atom stereocenters. The van der Waals surface area contributed by atoms with Gasteiger partial charge in [0.2, 0.25) is 0 Å². The van der Waals surface area contributed by atoms with E-state index in [9.17, 15) is 0 Å². The Labute approximate surface area is 108 Å². The number of rotatable bonds is 2. The summed E-state index contributed by atoms with van der Waals surface area (Å²) in [6.07, 6.45) is 1.81. The van der Waals surface area contributed by atoms with E-state index in [-0.39, 0.29) is 0 Å². The Bertz CT molecular complexity index is 566. The summed E-state index contributed by atoms with van der Waals surface area (Å²) in [5.41, 5.74) is 0.976. The first-order valence-electron chi connectivity index (χ1n) is 4.65. The van der Waals surface area contributed by atoms with Gasteiger partial charge in [-0.05, 0) is 30.7 Å². The lowest BCUT2D eigenvalue weighted by molar-refractivity contribution is 1.10. The second kappa shape index (κ2) is 4.99. The molecule has 0 bridgehead atoms. The molecular formula is C11H9ClN2S2. The van der Waals surface area contributed by atoms with Crippen LogP contribution in [0.4, 0.5) is 0 Å². The summed E-state index contributed by atoms with van der Waals surface area (Å²) in [4.78, 5) is 8.23. The highest BCUT2D eigenvalue weighted by molar-refractivity contribution is 7.99. The minimum Gasteiger partial charge on any atom is -0.352 e. The predicted molar refractivity (Wildman–Crippen MR) is 69.7 cm³/mol. The van der Waals surface area contributed by atoms with Gasteiger partial charge in [0.25, 0.3) is 0 Å². The highest BCUT2D eigenvalue weighted by atomic mass is 35.5. The van der Waals surface area contributed by atoms with Crippen LogP contribution in [0.2, 0.25) is 5.15 Å². The number of hydrogen-bond acceptors (Lipinski definition) is 3. The third-order valence-electron chi connectivity index (χ3n) is 2.01. The van der Waals surface area contributed by atoms with Crippen LogP contribution in [-0.2, 0) is 0 Å². The molecule has 2 aromatic rings. The highest BCUT2D eigenvalue weighted by Crippen LogP contribution is 2.27. The molecule has 2 heterocycles. The van der Waals surface area contributed by atoms with Crippen LogP contribution in [0.15, 0.2) is 40.4 Å². The number of H-pyrrole nitrogens is 1. The molecule has 0 saturated heterocycles. The van der Waals surface area contributed by atoms with E-state index in [1.54, 1.807) is 0 Å². The summed E-state index contributed by atoms with van der Waals surface area (Å²) in [7, 11) is 0. The minimum atomic E-state index is 0.538. The number of nitrogens with one attached hydrogen (secondary N) is 1. The molecule has 0 aliphatic heterocycles. The summed E-state index contributed by atoms with van der Waals surface area (Å²) >= 11 is 12.6. The van der Waals surface area contributed by atoms with Crippen molar-refractivity contribution in [2.24, 2.45) is 0 Å². The maximum absolute atomic E-state index is 5.96. The number of aromatic nitrogens is 2. The molecule has 0 aliphatic rings. The van der Waals surface area contributed by atoms with Crippen LogP contribution in [0.3, 0.4) is 0 Å². The standard InChI is InChI=1S/C11H9ClN2S2/c1-7-4-5-9(14-10(7)12)16-8-3-2-6-13-11(8)15/h2-6H,1H3,(H,13,15). The fourth-order valence-electron chi connectivity index (χ4n) is 1.14. The molecule has 0 amide bonds. The van der Waals surface area contributed by atoms with Gasteiger partial charge >= 0.3 is 0 Å². The van der Waals surface area contributed by atoms with Gasteiger partial charge in [-0.2, -0.15) is 0 Å². The Kier molecular flexibility index (Phi) is 3.63. The molecular weight excluding hydrogens is 260 g/mol. The lowest BCUT2D eigenvalue weighted by Gasteiger charge is -2.02. The zero-order valence-electron chi connectivity index (χ0n) is 8.53. The van der Waals surface area contributed by atoms with Crippen molar-refractivity contribution in [3.63, 3.8) is 0 Å². The van der Waals surface area contributed by atoms with Crippen LogP contribution in [0.1, 0.15) is 5.56 Å². The first kappa shape index (κ1) is 11.6. The van der Waals surface area contributed by atoms with Crippen molar-refractivity contribution in [2.45, 2.75) is 16.8 Å². The molecule has 0 saturated carbocycles. The summed E-state index contributed by atoms with van der Waals surface area (Å²) in [6.45, 7) is 1.93. The normalized spacial score (nSPS) is 10.4. The fraction of sp³-hybridized carbons (Fsp3) is 0.0909. The average molecular weight is 269 g/mol. The van der Waals surface area contributed by atoms with Crippen molar-refractivity contribution in [1.29, 1.82) is 0 Å². The number of aromatic amines is 1. The van der Waals surface area contributed by atoms with Crippen molar-refractivity contribution < 1.29 is 0 Å². The van der Waals surface area contributed by atoms with Crippen molar-refractivity contribution >= 4 is 35.6 Å². The summed E-state index contributed by atoms with van der Waals surface area (Å²) in [5, 5.41) is 1.39. The third kappa shape index (κ3) is 2.64. The minimum absolute atomic E-state index is 0.538. The van der Waals surface area contributed by atoms with Crippen molar-refractivity contribution in [1.82, 2.24) is 9.97 Å². The molecule has 0 aliphatic carbocycles. The zero-order chi connectivity index (χ0) is 11.5. The number of aryl methyl sites for hydroxylation is 1. The Morgan fingerprint density at radius 2 is 2.19 bits per heavy atom. The van der Waals surface area contributed by atoms with Crippen LogP contribution in [-0.4, -0.2) is 9.97 Å². The molecule has 0 fully saturated rings. The summed E-state index contributed by atoms with van der Waals surface area (Å²) in [5.74, 6) is 0. The number of pyridine rings is 2. The van der Waals surface area contributed by atoms with Crippen LogP contribution in [0.25, 0.3) is 0 Å². The number of nitrogens with zero attached hydrogens (tertiary/aromatic N) is 1. The van der Waals surface area contributed by atoms with Gasteiger partial charge in [-0.25, -0.2) is 4.98 Å². The molecule has 0 spiro atoms. The van der Waals surface area contributed by atoms with E-state index < -0.39 is 0 Å². The van der Waals surface area contributed by atoms with Crippen LogP contribution in [0, 0.1) is 11.6 Å². The van der Waals surface area contributed by atoms with Gasteiger partial charge < -0.3 is 4.98 Å². The van der Waals surface area contributed by atoms with Gasteiger partial charge in [-0.3, -0.25) is 0 Å². The van der Waals surface area contributed by atoms with Gasteiger partial charge in [0.15, 0.2) is 0 Å². The predicted octanol–water partition coefficient (Wildman–Crippen LogP) is 4.25. The third-order valence-corrected chi connectivity index (χ3v) is 3.85. The van der Waals surface area contributed by atoms with Crippen LogP contribution in [0.5, 0.6) is 0 Å². The fourth-order valence-corrected chi connectivity index (χ4v) is 2.41. The van der Waals surface area contributed by atoms with Crippen molar-refractivity contribution in [3.8, 4) is 0 Å². The van der Waals surface area contributed by atoms with Crippen molar-refractivity contribution in [3.05, 3.63) is 45.8 Å². The molecule has 2 rings (SSSR count). The second-order valence-electron chi connectivity index (χ2n) is 3.22. The highest BCUT2D eigenvalue weighted by Gasteiger charge is 2.03. The number of hydrogen-bond donors (Lipinski definition) is 1. The summed E-state index contributed by atoms with van der Waals surface area (Å²) < 4.78 is 0.714. The Morgan fingerprint density at radius 3 is 2.88 bits per heavy atom. The Morgan fingerprint density at radius 1 is 1.38 bits per heavy atom. The van der Waals surface area contributed by atoms with E-state index >= 15 is 0 Å². The first-order chi connectivity index (χ1) is 7.66. The SMILES string of the molecule is Cc1ccc(Sc2ccc[nH]c2=S)nc1Cl. The van der Waals surface area contributed by atoms with E-state index in [0.717, 1.165) is 15.5 Å². The molecule has 0 aromatic carbocycles. The molecule has 2 aromatic heterocycles. The van der Waals surface area contributed by atoms with E-state index in [1.807, 2.05) is 37.4 Å². The average Bonchev–Trinajstić information content (AvgIpc) is 2.27. The van der Waals surface area contributed by atoms with Gasteiger partial charge in [0.05, 0.1) is 0 Å². The van der Waals surface area contributed by atoms with Gasteiger partial charge in [-0.1, -0.05) is 41.6 Å². The van der Waals surface area contributed by atoms with Crippen molar-refractivity contribution in [2.75, 3.05) is 0 Å². The molecule has 0 radical (unpaired) electrons. The molecule has 2 nitrogen and oxygen atoms in total. The van der Waals surface area contributed by atoms with Crippen LogP contribution < -0.4 is 0 Å². The van der Waals surface area contributed by atoms with Crippen LogP contribution >= 0.6 is 35.6 Å². The van der Waals surface area contributed by atoms with Gasteiger partial charge in [0, 0.05) is 11.1 Å². The maximum atomic E-state index is 5.96. The largest absolute Gasteiger partial charge is 0.352 e. The summed E-state index contributed by atoms with van der Waals surface area (Å²) in [6, 6.07) is 7.76. The Balaban J connectivity index is 2.31. The number of halogens is 1. The van der Waals surface area contributed by atoms with Gasteiger partial charge in [-0.15, -0.1) is 0 Å². The van der Waals surface area contributed by atoms with E-state index in [0.29, 0.717) is 9.79 Å². The maximum Gasteiger partial charge on any atom is 0.133 e. The lowest BCUT2D eigenvalue weighted by Crippen LogP contribution is -1.85. The van der Waals surface area contributed by atoms with Gasteiger partial charge in [0.1, 0.15) is 14.8 Å². The second-order valence-corrected chi connectivity index (χ2v) is 5.05. The lowest BCUT2D eigenvalue weighted by atomic mass is 10.3. The molecule has 5 heteroatoms. The Hall–Kier alpha value is -0.840. The molecule has 16 heavy (non-hydrogen) atoms. The smallest absolute Gasteiger partial charge is 0.133 e. The molecule has 1 N–H and O–H groups in total. The quantitative estimate of drug-likeness (QED) is 0.652.